The highest BCUT2D eigenvalue weighted by atomic mass is 32.2. The van der Waals surface area contributed by atoms with Crippen LogP contribution in [0.3, 0.4) is 0 Å². The molecule has 108 valence electrons. The Morgan fingerprint density at radius 3 is 2.86 bits per heavy atom. The largest absolute Gasteiger partial charge is 0.290 e. The van der Waals surface area contributed by atoms with Crippen LogP contribution in [0.4, 0.5) is 0 Å². The number of hydrogen-bond donors (Lipinski definition) is 2. The number of hydrogen-bond acceptors (Lipinski definition) is 4. The van der Waals surface area contributed by atoms with Crippen molar-refractivity contribution in [1.29, 1.82) is 0 Å². The molecule has 0 saturated carbocycles. The third-order valence-corrected chi connectivity index (χ3v) is 4.70. The highest BCUT2D eigenvalue weighted by Crippen LogP contribution is 2.29. The van der Waals surface area contributed by atoms with Gasteiger partial charge < -0.3 is 0 Å². The zero-order valence-electron chi connectivity index (χ0n) is 11.6. The lowest BCUT2D eigenvalue weighted by Gasteiger charge is -2.05. The second-order valence-corrected chi connectivity index (χ2v) is 6.13. The summed E-state index contributed by atoms with van der Waals surface area (Å²) in [7, 11) is 0. The molecule has 21 heavy (non-hydrogen) atoms. The second kappa shape index (κ2) is 6.28. The highest BCUT2D eigenvalue weighted by molar-refractivity contribution is 7.98. The molecule has 0 bridgehead atoms. The van der Waals surface area contributed by atoms with Gasteiger partial charge in [0.2, 0.25) is 0 Å². The average molecular weight is 299 g/mol. The number of carbonyl (C=O) groups is 1. The third-order valence-electron chi connectivity index (χ3n) is 3.67. The summed E-state index contributed by atoms with van der Waals surface area (Å²) >= 11 is 1.77. The van der Waals surface area contributed by atoms with Gasteiger partial charge in [-0.05, 0) is 54.7 Å². The van der Waals surface area contributed by atoms with Gasteiger partial charge in [-0.2, -0.15) is 0 Å². The molecule has 3 N–H and O–H groups in total. The van der Waals surface area contributed by atoms with Crippen LogP contribution in [0.25, 0.3) is 0 Å². The van der Waals surface area contributed by atoms with Crippen molar-refractivity contribution in [3.63, 3.8) is 0 Å². The Hall–Kier alpha value is -1.85. The van der Waals surface area contributed by atoms with E-state index < -0.39 is 0 Å². The van der Waals surface area contributed by atoms with Crippen LogP contribution in [0.1, 0.15) is 33.6 Å². The number of benzene rings is 1. The lowest BCUT2D eigenvalue weighted by molar-refractivity contribution is 0.0953. The van der Waals surface area contributed by atoms with Crippen molar-refractivity contribution in [3.8, 4) is 0 Å². The molecular weight excluding hydrogens is 282 g/mol. The summed E-state index contributed by atoms with van der Waals surface area (Å²) in [5.41, 5.74) is 6.51. The molecule has 1 amide bonds. The molecule has 4 nitrogen and oxygen atoms in total. The number of amides is 1. The summed E-state index contributed by atoms with van der Waals surface area (Å²) in [4.78, 5) is 16.9. The van der Waals surface area contributed by atoms with Crippen molar-refractivity contribution in [3.05, 3.63) is 58.9 Å². The van der Waals surface area contributed by atoms with E-state index in [9.17, 15) is 4.79 Å². The number of aromatic nitrogens is 1. The van der Waals surface area contributed by atoms with E-state index in [4.69, 9.17) is 5.84 Å². The number of carbonyl (C=O) groups excluding carboxylic acids is 1. The number of nitrogen functional groups attached to an aromatic ring is 1. The number of hydrazine groups is 1. The van der Waals surface area contributed by atoms with E-state index in [1.165, 1.54) is 35.3 Å². The predicted molar refractivity (Wildman–Crippen MR) is 83.9 cm³/mol. The monoisotopic (exact) mass is 299 g/mol. The number of rotatable bonds is 4. The van der Waals surface area contributed by atoms with Crippen LogP contribution in [0.5, 0.6) is 0 Å². The van der Waals surface area contributed by atoms with E-state index in [1.807, 2.05) is 6.07 Å². The number of nitrogens with one attached hydrogen (secondary N) is 1. The van der Waals surface area contributed by atoms with Gasteiger partial charge in [0.1, 0.15) is 0 Å². The van der Waals surface area contributed by atoms with Crippen LogP contribution in [-0.2, 0) is 18.6 Å². The number of aryl methyl sites for hydroxylation is 2. The van der Waals surface area contributed by atoms with Gasteiger partial charge in [-0.1, -0.05) is 6.07 Å². The Bertz CT molecular complexity index is 655. The summed E-state index contributed by atoms with van der Waals surface area (Å²) in [6, 6.07) is 10.3. The lowest BCUT2D eigenvalue weighted by atomic mass is 10.1. The molecule has 1 aromatic carbocycles. The second-order valence-electron chi connectivity index (χ2n) is 5.08. The molecular formula is C16H17N3OS. The van der Waals surface area contributed by atoms with Gasteiger partial charge in [0.15, 0.2) is 0 Å². The van der Waals surface area contributed by atoms with Crippen LogP contribution < -0.4 is 11.3 Å². The molecule has 0 fully saturated rings. The fourth-order valence-electron chi connectivity index (χ4n) is 2.52. The van der Waals surface area contributed by atoms with Crippen LogP contribution >= 0.6 is 11.8 Å². The number of nitrogens with zero attached hydrogens (tertiary/aromatic N) is 1. The quantitative estimate of drug-likeness (QED) is 0.394. The number of fused-ring (bicyclic) bond motifs is 1. The van der Waals surface area contributed by atoms with Crippen molar-refractivity contribution in [2.45, 2.75) is 29.9 Å². The maximum Gasteiger partial charge on any atom is 0.266 e. The van der Waals surface area contributed by atoms with Gasteiger partial charge in [0.05, 0.1) is 11.3 Å². The summed E-state index contributed by atoms with van der Waals surface area (Å²) < 4.78 is 0. The first-order valence-electron chi connectivity index (χ1n) is 6.97. The van der Waals surface area contributed by atoms with E-state index >= 15 is 0 Å². The summed E-state index contributed by atoms with van der Waals surface area (Å²) in [6.07, 6.45) is 5.24. The molecule has 0 aliphatic heterocycles. The number of thioether (sulfide) groups is 1. The van der Waals surface area contributed by atoms with E-state index in [1.54, 1.807) is 24.0 Å². The zero-order valence-corrected chi connectivity index (χ0v) is 12.5. The maximum atomic E-state index is 11.3. The molecule has 1 aliphatic rings. The van der Waals surface area contributed by atoms with Crippen molar-refractivity contribution in [2.24, 2.45) is 5.84 Å². The van der Waals surface area contributed by atoms with E-state index in [2.05, 4.69) is 28.6 Å². The normalized spacial score (nSPS) is 13.0. The summed E-state index contributed by atoms with van der Waals surface area (Å²) in [6.45, 7) is 0. The molecule has 2 aromatic rings. The standard InChI is InChI=1S/C16H17N3OS/c17-19-16(20)13-4-6-14(18-9-13)10-21-15-7-5-11-2-1-3-12(11)8-15/h4-9H,1-3,10,17H2,(H,19,20). The van der Waals surface area contributed by atoms with E-state index in [-0.39, 0.29) is 5.91 Å². The Balaban J connectivity index is 1.63. The lowest BCUT2D eigenvalue weighted by Crippen LogP contribution is -2.30. The Morgan fingerprint density at radius 1 is 1.24 bits per heavy atom. The fraction of sp³-hybridized carbons (Fsp3) is 0.250. The van der Waals surface area contributed by atoms with Crippen LogP contribution in [-0.4, -0.2) is 10.9 Å². The van der Waals surface area contributed by atoms with E-state index in [0.29, 0.717) is 5.56 Å². The minimum atomic E-state index is -0.319. The van der Waals surface area contributed by atoms with Crippen molar-refractivity contribution in [2.75, 3.05) is 0 Å². The smallest absolute Gasteiger partial charge is 0.266 e. The summed E-state index contributed by atoms with van der Waals surface area (Å²) in [5.74, 6) is 5.57. The van der Waals surface area contributed by atoms with Crippen molar-refractivity contribution < 1.29 is 4.79 Å². The zero-order chi connectivity index (χ0) is 14.7. The minimum absolute atomic E-state index is 0.319. The van der Waals surface area contributed by atoms with Crippen LogP contribution in [0, 0.1) is 0 Å². The van der Waals surface area contributed by atoms with E-state index in [0.717, 1.165) is 11.4 Å². The first kappa shape index (κ1) is 14.1. The van der Waals surface area contributed by atoms with Crippen LogP contribution in [0.2, 0.25) is 0 Å². The Kier molecular flexibility index (Phi) is 4.22. The first-order valence-corrected chi connectivity index (χ1v) is 7.95. The molecule has 1 heterocycles. The SMILES string of the molecule is NNC(=O)c1ccc(CSc2ccc3c(c2)CCC3)nc1. The van der Waals surface area contributed by atoms with Crippen molar-refractivity contribution >= 4 is 17.7 Å². The van der Waals surface area contributed by atoms with Gasteiger partial charge in [0.25, 0.3) is 5.91 Å². The average Bonchev–Trinajstić information content (AvgIpc) is 3.00. The Morgan fingerprint density at radius 2 is 2.10 bits per heavy atom. The number of pyridine rings is 1. The molecule has 1 aliphatic carbocycles. The molecule has 0 spiro atoms. The number of nitrogens with two attached hydrogens (primary N) is 1. The topological polar surface area (TPSA) is 68.0 Å². The molecule has 0 unspecified atom stereocenters. The molecule has 0 radical (unpaired) electrons. The molecule has 5 heteroatoms. The molecule has 1 aromatic heterocycles. The third kappa shape index (κ3) is 3.25. The minimum Gasteiger partial charge on any atom is -0.290 e. The summed E-state index contributed by atoms with van der Waals surface area (Å²) in [5, 5.41) is 0. The van der Waals surface area contributed by atoms with Gasteiger partial charge in [-0.15, -0.1) is 11.8 Å². The fourth-order valence-corrected chi connectivity index (χ4v) is 3.40. The van der Waals surface area contributed by atoms with Gasteiger partial charge in [0, 0.05) is 16.8 Å². The predicted octanol–water partition coefficient (Wildman–Crippen LogP) is 2.47. The van der Waals surface area contributed by atoms with Gasteiger partial charge >= 0.3 is 0 Å². The van der Waals surface area contributed by atoms with Gasteiger partial charge in [-0.25, -0.2) is 5.84 Å². The maximum absolute atomic E-state index is 11.3. The molecule has 0 saturated heterocycles. The van der Waals surface area contributed by atoms with Crippen LogP contribution in [0.15, 0.2) is 41.4 Å². The molecule has 3 rings (SSSR count). The Labute approximate surface area is 128 Å². The highest BCUT2D eigenvalue weighted by Gasteiger charge is 2.11. The van der Waals surface area contributed by atoms with Crippen molar-refractivity contribution in [1.82, 2.24) is 10.4 Å². The first-order chi connectivity index (χ1) is 10.3. The van der Waals surface area contributed by atoms with Gasteiger partial charge in [-0.3, -0.25) is 15.2 Å². The molecule has 0 atom stereocenters.